The summed E-state index contributed by atoms with van der Waals surface area (Å²) in [6, 6.07) is 0. The zero-order valence-corrected chi connectivity index (χ0v) is 11.4. The van der Waals surface area contributed by atoms with Crippen molar-refractivity contribution in [3.63, 3.8) is 0 Å². The number of rotatable bonds is 3. The SMILES string of the molecule is CC(C)C1CCN(CC(O)(C(F)(F)F)C(F)(F)F)CC1. The molecular formula is C12H19F6NO. The Morgan fingerprint density at radius 3 is 1.70 bits per heavy atom. The Hall–Kier alpha value is -0.500. The molecule has 1 aliphatic rings. The lowest BCUT2D eigenvalue weighted by atomic mass is 9.86. The van der Waals surface area contributed by atoms with Crippen LogP contribution < -0.4 is 0 Å². The predicted octanol–water partition coefficient (Wildman–Crippen LogP) is 3.21. The lowest BCUT2D eigenvalue weighted by Gasteiger charge is -2.40. The van der Waals surface area contributed by atoms with E-state index in [1.807, 2.05) is 13.8 Å². The topological polar surface area (TPSA) is 23.5 Å². The van der Waals surface area contributed by atoms with E-state index < -0.39 is 24.5 Å². The van der Waals surface area contributed by atoms with E-state index in [0.29, 0.717) is 24.7 Å². The molecule has 1 heterocycles. The highest BCUT2D eigenvalue weighted by atomic mass is 19.4. The summed E-state index contributed by atoms with van der Waals surface area (Å²) >= 11 is 0. The molecule has 20 heavy (non-hydrogen) atoms. The fourth-order valence-electron chi connectivity index (χ4n) is 2.44. The van der Waals surface area contributed by atoms with Gasteiger partial charge in [0.05, 0.1) is 0 Å². The molecule has 1 aliphatic heterocycles. The van der Waals surface area contributed by atoms with Crippen LogP contribution >= 0.6 is 0 Å². The largest absolute Gasteiger partial charge is 0.427 e. The smallest absolute Gasteiger partial charge is 0.373 e. The van der Waals surface area contributed by atoms with Gasteiger partial charge in [-0.25, -0.2) is 0 Å². The van der Waals surface area contributed by atoms with Gasteiger partial charge in [-0.2, -0.15) is 26.3 Å². The van der Waals surface area contributed by atoms with E-state index in [9.17, 15) is 26.3 Å². The summed E-state index contributed by atoms with van der Waals surface area (Å²) in [5.41, 5.74) is -4.66. The molecule has 0 aromatic heterocycles. The molecule has 0 spiro atoms. The number of hydrogen-bond acceptors (Lipinski definition) is 2. The predicted molar refractivity (Wildman–Crippen MR) is 61.1 cm³/mol. The number of β-amino-alcohol motifs (C(OH)–C–C–N with tert-alkyl or cyclic N) is 1. The van der Waals surface area contributed by atoms with E-state index in [-0.39, 0.29) is 13.1 Å². The molecule has 1 N–H and O–H groups in total. The van der Waals surface area contributed by atoms with Crippen LogP contribution in [0.3, 0.4) is 0 Å². The summed E-state index contributed by atoms with van der Waals surface area (Å²) in [5.74, 6) is 0.650. The molecular weight excluding hydrogens is 288 g/mol. The second-order valence-electron chi connectivity index (χ2n) is 5.71. The molecule has 0 aromatic carbocycles. The highest BCUT2D eigenvalue weighted by molar-refractivity contribution is 4.97. The number of aliphatic hydroxyl groups is 1. The molecule has 0 amide bonds. The molecule has 0 bridgehead atoms. The van der Waals surface area contributed by atoms with Crippen LogP contribution in [-0.2, 0) is 0 Å². The molecule has 0 aromatic rings. The van der Waals surface area contributed by atoms with Crippen LogP contribution in [0.1, 0.15) is 26.7 Å². The second-order valence-corrected chi connectivity index (χ2v) is 5.71. The summed E-state index contributed by atoms with van der Waals surface area (Å²) in [5, 5.41) is 9.12. The van der Waals surface area contributed by atoms with Crippen LogP contribution in [0.2, 0.25) is 0 Å². The first-order valence-corrected chi connectivity index (χ1v) is 6.46. The van der Waals surface area contributed by atoms with Crippen LogP contribution in [0.4, 0.5) is 26.3 Å². The van der Waals surface area contributed by atoms with Crippen molar-refractivity contribution in [2.75, 3.05) is 19.6 Å². The summed E-state index contributed by atoms with van der Waals surface area (Å²) in [6.07, 6.45) is -10.4. The van der Waals surface area contributed by atoms with Gasteiger partial charge in [0.2, 0.25) is 0 Å². The minimum Gasteiger partial charge on any atom is -0.373 e. The quantitative estimate of drug-likeness (QED) is 0.809. The summed E-state index contributed by atoms with van der Waals surface area (Å²) in [7, 11) is 0. The molecule has 0 radical (unpaired) electrons. The Morgan fingerprint density at radius 1 is 1.00 bits per heavy atom. The van der Waals surface area contributed by atoms with Gasteiger partial charge in [-0.1, -0.05) is 13.8 Å². The third-order valence-electron chi connectivity index (χ3n) is 3.97. The third kappa shape index (κ3) is 3.58. The Morgan fingerprint density at radius 2 is 1.40 bits per heavy atom. The van der Waals surface area contributed by atoms with E-state index in [2.05, 4.69) is 0 Å². The maximum Gasteiger partial charge on any atom is 0.427 e. The van der Waals surface area contributed by atoms with E-state index in [1.54, 1.807) is 0 Å². The van der Waals surface area contributed by atoms with Crippen molar-refractivity contribution < 1.29 is 31.4 Å². The third-order valence-corrected chi connectivity index (χ3v) is 3.97. The number of halogens is 6. The van der Waals surface area contributed by atoms with Crippen LogP contribution in [0, 0.1) is 11.8 Å². The molecule has 0 atom stereocenters. The van der Waals surface area contributed by atoms with Gasteiger partial charge in [-0.05, 0) is 37.8 Å². The molecule has 8 heteroatoms. The van der Waals surface area contributed by atoms with Gasteiger partial charge in [-0.3, -0.25) is 4.90 Å². The van der Waals surface area contributed by atoms with Crippen molar-refractivity contribution in [2.24, 2.45) is 11.8 Å². The zero-order valence-electron chi connectivity index (χ0n) is 11.4. The van der Waals surface area contributed by atoms with Crippen molar-refractivity contribution in [3.8, 4) is 0 Å². The van der Waals surface area contributed by atoms with Gasteiger partial charge in [0.25, 0.3) is 5.60 Å². The first-order chi connectivity index (χ1) is 8.88. The first kappa shape index (κ1) is 17.6. The fourth-order valence-corrected chi connectivity index (χ4v) is 2.44. The molecule has 0 unspecified atom stereocenters. The maximum atomic E-state index is 12.6. The summed E-state index contributed by atoms with van der Waals surface area (Å²) in [6.45, 7) is 2.77. The molecule has 1 saturated heterocycles. The van der Waals surface area contributed by atoms with E-state index in [4.69, 9.17) is 5.11 Å². The second kappa shape index (κ2) is 5.71. The average Bonchev–Trinajstić information content (AvgIpc) is 2.26. The van der Waals surface area contributed by atoms with Gasteiger partial charge in [0.1, 0.15) is 0 Å². The fraction of sp³-hybridized carbons (Fsp3) is 1.00. The maximum absolute atomic E-state index is 12.6. The van der Waals surface area contributed by atoms with Gasteiger partial charge in [0, 0.05) is 6.54 Å². The normalized spacial score (nSPS) is 20.7. The van der Waals surface area contributed by atoms with E-state index >= 15 is 0 Å². The highest BCUT2D eigenvalue weighted by Crippen LogP contribution is 2.44. The lowest BCUT2D eigenvalue weighted by molar-refractivity contribution is -0.371. The molecule has 1 rings (SSSR count). The van der Waals surface area contributed by atoms with Gasteiger partial charge in [0.15, 0.2) is 0 Å². The van der Waals surface area contributed by atoms with Gasteiger partial charge in [-0.15, -0.1) is 0 Å². The molecule has 2 nitrogen and oxygen atoms in total. The Kier molecular flexibility index (Phi) is 5.01. The summed E-state index contributed by atoms with van der Waals surface area (Å²) < 4.78 is 75.4. The zero-order chi connectivity index (χ0) is 15.8. The molecule has 0 saturated carbocycles. The van der Waals surface area contributed by atoms with Crippen LogP contribution in [0.25, 0.3) is 0 Å². The van der Waals surface area contributed by atoms with Gasteiger partial charge < -0.3 is 5.11 Å². The molecule has 120 valence electrons. The van der Waals surface area contributed by atoms with Crippen molar-refractivity contribution >= 4 is 0 Å². The standard InChI is InChI=1S/C12H19F6NO/c1-8(2)9-3-5-19(6-4-9)7-10(20,11(13,14)15)12(16,17)18/h8-9,20H,3-7H2,1-2H3. The average molecular weight is 307 g/mol. The number of piperidine rings is 1. The van der Waals surface area contributed by atoms with Crippen molar-refractivity contribution in [1.29, 1.82) is 0 Å². The van der Waals surface area contributed by atoms with Crippen molar-refractivity contribution in [3.05, 3.63) is 0 Å². The lowest BCUT2D eigenvalue weighted by Crippen LogP contribution is -2.63. The number of nitrogens with zero attached hydrogens (tertiary/aromatic N) is 1. The first-order valence-electron chi connectivity index (χ1n) is 6.46. The molecule has 0 aliphatic carbocycles. The van der Waals surface area contributed by atoms with Crippen molar-refractivity contribution in [1.82, 2.24) is 4.90 Å². The Bertz CT molecular complexity index is 303. The van der Waals surface area contributed by atoms with E-state index in [1.165, 1.54) is 0 Å². The van der Waals surface area contributed by atoms with Crippen molar-refractivity contribution in [2.45, 2.75) is 44.6 Å². The van der Waals surface area contributed by atoms with Gasteiger partial charge >= 0.3 is 12.4 Å². The highest BCUT2D eigenvalue weighted by Gasteiger charge is 2.70. The Balaban J connectivity index is 2.75. The number of alkyl halides is 6. The monoisotopic (exact) mass is 307 g/mol. The minimum absolute atomic E-state index is 0.136. The number of hydrogen-bond donors (Lipinski definition) is 1. The minimum atomic E-state index is -5.74. The number of likely N-dealkylation sites (tertiary alicyclic amines) is 1. The summed E-state index contributed by atoms with van der Waals surface area (Å²) in [4.78, 5) is 1.04. The Labute approximate surface area is 113 Å². The molecule has 1 fully saturated rings. The van der Waals surface area contributed by atoms with Crippen LogP contribution in [0.15, 0.2) is 0 Å². The van der Waals surface area contributed by atoms with E-state index in [0.717, 1.165) is 4.90 Å². The van der Waals surface area contributed by atoms with Crippen LogP contribution in [0.5, 0.6) is 0 Å². The van der Waals surface area contributed by atoms with Crippen LogP contribution in [-0.4, -0.2) is 47.6 Å².